The van der Waals surface area contributed by atoms with Crippen molar-refractivity contribution in [1.29, 1.82) is 0 Å². The number of carbonyl (C=O) groups is 1. The van der Waals surface area contributed by atoms with Gasteiger partial charge in [0, 0.05) is 17.4 Å². The molecule has 0 N–H and O–H groups in total. The van der Waals surface area contributed by atoms with Gasteiger partial charge in [-0.15, -0.1) is 0 Å². The van der Waals surface area contributed by atoms with Gasteiger partial charge in [-0.25, -0.2) is 4.79 Å². The summed E-state index contributed by atoms with van der Waals surface area (Å²) in [4.78, 5) is 14.6. The average molecular weight is 384 g/mol. The van der Waals surface area contributed by atoms with Crippen LogP contribution in [0, 0.1) is 0 Å². The summed E-state index contributed by atoms with van der Waals surface area (Å²) in [5.74, 6) is 0. The first-order valence-corrected chi connectivity index (χ1v) is 9.38. The smallest absolute Gasteiger partial charge is 0.410 e. The van der Waals surface area contributed by atoms with Gasteiger partial charge >= 0.3 is 6.09 Å². The number of rotatable bonds is 7. The Bertz CT molecular complexity index is 480. The SMILES string of the molecule is CC(C)(C)OC(=O)N(CCc1ccccc1)C(C)(C)CCCBr. The number of hydrogen-bond acceptors (Lipinski definition) is 2. The fraction of sp³-hybridized carbons (Fsp3) is 0.632. The van der Waals surface area contributed by atoms with Crippen LogP contribution in [0.2, 0.25) is 0 Å². The number of alkyl halides is 1. The highest BCUT2D eigenvalue weighted by atomic mass is 79.9. The molecule has 1 rings (SSSR count). The van der Waals surface area contributed by atoms with Crippen LogP contribution in [0.1, 0.15) is 53.0 Å². The van der Waals surface area contributed by atoms with E-state index < -0.39 is 5.60 Å². The van der Waals surface area contributed by atoms with E-state index in [1.54, 1.807) is 0 Å². The van der Waals surface area contributed by atoms with Gasteiger partial charge in [0.2, 0.25) is 0 Å². The van der Waals surface area contributed by atoms with Crippen LogP contribution in [0.15, 0.2) is 30.3 Å². The predicted molar refractivity (Wildman–Crippen MR) is 100 cm³/mol. The zero-order valence-corrected chi connectivity index (χ0v) is 16.6. The molecule has 3 nitrogen and oxygen atoms in total. The number of halogens is 1. The average Bonchev–Trinajstić information content (AvgIpc) is 2.44. The minimum absolute atomic E-state index is 0.229. The Morgan fingerprint density at radius 1 is 1.13 bits per heavy atom. The fourth-order valence-corrected chi connectivity index (χ4v) is 2.76. The van der Waals surface area contributed by atoms with E-state index in [4.69, 9.17) is 4.74 Å². The molecule has 1 amide bonds. The molecule has 0 aromatic heterocycles. The molecule has 0 radical (unpaired) electrons. The molecule has 1 aromatic rings. The van der Waals surface area contributed by atoms with Crippen LogP contribution >= 0.6 is 15.9 Å². The third-order valence-corrected chi connectivity index (χ3v) is 4.29. The molecule has 0 unspecified atom stereocenters. The first-order chi connectivity index (χ1) is 10.7. The number of hydrogen-bond donors (Lipinski definition) is 0. The first kappa shape index (κ1) is 20.0. The highest BCUT2D eigenvalue weighted by molar-refractivity contribution is 9.09. The van der Waals surface area contributed by atoms with E-state index in [1.165, 1.54) is 5.56 Å². The Hall–Kier alpha value is -1.03. The van der Waals surface area contributed by atoms with Crippen LogP contribution < -0.4 is 0 Å². The second-order valence-corrected chi connectivity index (χ2v) is 8.27. The van der Waals surface area contributed by atoms with Crippen LogP contribution in [-0.4, -0.2) is 34.0 Å². The van der Waals surface area contributed by atoms with E-state index in [0.29, 0.717) is 6.54 Å². The monoisotopic (exact) mass is 383 g/mol. The number of ether oxygens (including phenoxy) is 1. The van der Waals surface area contributed by atoms with E-state index in [9.17, 15) is 4.79 Å². The van der Waals surface area contributed by atoms with Crippen LogP contribution in [-0.2, 0) is 11.2 Å². The van der Waals surface area contributed by atoms with Crippen LogP contribution in [0.3, 0.4) is 0 Å². The molecule has 0 aliphatic carbocycles. The van der Waals surface area contributed by atoms with Crippen LogP contribution in [0.4, 0.5) is 4.79 Å². The molecule has 0 saturated carbocycles. The van der Waals surface area contributed by atoms with Crippen LogP contribution in [0.5, 0.6) is 0 Å². The predicted octanol–water partition coefficient (Wildman–Crippen LogP) is 5.42. The molecule has 0 spiro atoms. The van der Waals surface area contributed by atoms with Crippen LogP contribution in [0.25, 0.3) is 0 Å². The molecule has 4 heteroatoms. The second kappa shape index (κ2) is 8.72. The van der Waals surface area contributed by atoms with Crippen molar-refractivity contribution in [3.8, 4) is 0 Å². The lowest BCUT2D eigenvalue weighted by molar-refractivity contribution is 0.00187. The van der Waals surface area contributed by atoms with Gasteiger partial charge in [-0.1, -0.05) is 46.3 Å². The van der Waals surface area contributed by atoms with Gasteiger partial charge < -0.3 is 9.64 Å². The van der Waals surface area contributed by atoms with Crippen molar-refractivity contribution < 1.29 is 9.53 Å². The van der Waals surface area contributed by atoms with Crippen molar-refractivity contribution in [2.75, 3.05) is 11.9 Å². The maximum atomic E-state index is 12.7. The highest BCUT2D eigenvalue weighted by Gasteiger charge is 2.33. The Morgan fingerprint density at radius 2 is 1.74 bits per heavy atom. The van der Waals surface area contributed by atoms with Gasteiger partial charge in [0.15, 0.2) is 0 Å². The lowest BCUT2D eigenvalue weighted by Crippen LogP contribution is -2.50. The van der Waals surface area contributed by atoms with Crippen molar-refractivity contribution in [3.63, 3.8) is 0 Å². The Balaban J connectivity index is 2.84. The lowest BCUT2D eigenvalue weighted by atomic mass is 9.96. The topological polar surface area (TPSA) is 29.5 Å². The summed E-state index contributed by atoms with van der Waals surface area (Å²) < 4.78 is 5.63. The molecule has 23 heavy (non-hydrogen) atoms. The molecule has 0 fully saturated rings. The van der Waals surface area contributed by atoms with Gasteiger partial charge in [-0.2, -0.15) is 0 Å². The molecule has 0 aliphatic heterocycles. The Kier molecular flexibility index (Phi) is 7.59. The van der Waals surface area contributed by atoms with Crippen molar-refractivity contribution in [2.45, 2.75) is 65.0 Å². The number of carbonyl (C=O) groups excluding carboxylic acids is 1. The minimum atomic E-state index is -0.479. The molecule has 0 aliphatic rings. The van der Waals surface area contributed by atoms with Gasteiger partial charge in [0.1, 0.15) is 5.60 Å². The lowest BCUT2D eigenvalue weighted by Gasteiger charge is -2.39. The molecule has 0 heterocycles. The van der Waals surface area contributed by atoms with E-state index in [2.05, 4.69) is 41.9 Å². The largest absolute Gasteiger partial charge is 0.444 e. The normalized spacial score (nSPS) is 12.1. The van der Waals surface area contributed by atoms with Crippen molar-refractivity contribution in [2.24, 2.45) is 0 Å². The first-order valence-electron chi connectivity index (χ1n) is 8.26. The zero-order valence-electron chi connectivity index (χ0n) is 15.1. The summed E-state index contributed by atoms with van der Waals surface area (Å²) in [7, 11) is 0. The molecular formula is C19H30BrNO2. The Morgan fingerprint density at radius 3 is 2.26 bits per heavy atom. The summed E-state index contributed by atoms with van der Waals surface area (Å²) in [5, 5.41) is 0.942. The molecule has 130 valence electrons. The van der Waals surface area contributed by atoms with Gasteiger partial charge in [0.05, 0.1) is 0 Å². The van der Waals surface area contributed by atoms with Crippen molar-refractivity contribution in [3.05, 3.63) is 35.9 Å². The highest BCUT2D eigenvalue weighted by Crippen LogP contribution is 2.24. The Labute approximate surface area is 149 Å². The van der Waals surface area contributed by atoms with Gasteiger partial charge in [0.25, 0.3) is 0 Å². The molecule has 1 aromatic carbocycles. The quantitative estimate of drug-likeness (QED) is 0.588. The van der Waals surface area contributed by atoms with Gasteiger partial charge in [-0.3, -0.25) is 0 Å². The second-order valence-electron chi connectivity index (χ2n) is 7.47. The maximum absolute atomic E-state index is 12.7. The molecule has 0 bridgehead atoms. The summed E-state index contributed by atoms with van der Waals surface area (Å²) in [6.45, 7) is 10.6. The summed E-state index contributed by atoms with van der Waals surface area (Å²) in [6.07, 6.45) is 2.56. The van der Waals surface area contributed by atoms with E-state index >= 15 is 0 Å². The fourth-order valence-electron chi connectivity index (χ4n) is 2.48. The summed E-state index contributed by atoms with van der Waals surface area (Å²) in [6, 6.07) is 10.3. The summed E-state index contributed by atoms with van der Waals surface area (Å²) >= 11 is 3.48. The minimum Gasteiger partial charge on any atom is -0.444 e. The van der Waals surface area contributed by atoms with Crippen molar-refractivity contribution >= 4 is 22.0 Å². The zero-order chi connectivity index (χ0) is 17.5. The van der Waals surface area contributed by atoms with E-state index in [1.807, 2.05) is 43.9 Å². The number of amides is 1. The number of benzene rings is 1. The third-order valence-electron chi connectivity index (χ3n) is 3.73. The standard InChI is InChI=1S/C19H30BrNO2/c1-18(2,3)23-17(22)21(19(4,5)13-9-14-20)15-12-16-10-7-6-8-11-16/h6-8,10-11H,9,12-15H2,1-5H3. The van der Waals surface area contributed by atoms with E-state index in [0.717, 1.165) is 24.6 Å². The van der Waals surface area contributed by atoms with Gasteiger partial charge in [-0.05, 0) is 59.4 Å². The molecular weight excluding hydrogens is 354 g/mol. The molecule has 0 atom stereocenters. The van der Waals surface area contributed by atoms with Crippen molar-refractivity contribution in [1.82, 2.24) is 4.90 Å². The third kappa shape index (κ3) is 7.38. The summed E-state index contributed by atoms with van der Waals surface area (Å²) in [5.41, 5.74) is 0.524. The van der Waals surface area contributed by atoms with E-state index in [-0.39, 0.29) is 11.6 Å². The number of nitrogens with zero attached hydrogens (tertiary/aromatic N) is 1. The molecule has 0 saturated heterocycles. The maximum Gasteiger partial charge on any atom is 0.410 e.